The number of thioether (sulfide) groups is 1. The minimum Gasteiger partial charge on any atom is -0.349 e. The second-order valence-electron chi connectivity index (χ2n) is 5.82. The number of benzene rings is 1. The summed E-state index contributed by atoms with van der Waals surface area (Å²) in [5.41, 5.74) is 1.07. The third-order valence-corrected chi connectivity index (χ3v) is 5.94. The maximum absolute atomic E-state index is 12.0. The van der Waals surface area contributed by atoms with E-state index in [0.29, 0.717) is 0 Å². The van der Waals surface area contributed by atoms with Gasteiger partial charge in [0.05, 0.1) is 10.2 Å². The summed E-state index contributed by atoms with van der Waals surface area (Å²) in [5.74, 6) is 0.428. The Morgan fingerprint density at radius 3 is 2.73 bits per heavy atom. The maximum Gasteiger partial charge on any atom is 0.225 e. The number of carbonyl (C=O) groups excluding carboxylic acids is 1. The van der Waals surface area contributed by atoms with Gasteiger partial charge in [-0.05, 0) is 37.3 Å². The van der Waals surface area contributed by atoms with Gasteiger partial charge < -0.3 is 9.80 Å². The van der Waals surface area contributed by atoms with Gasteiger partial charge in [0.15, 0.2) is 5.13 Å². The molecule has 1 aliphatic rings. The van der Waals surface area contributed by atoms with Gasteiger partial charge in [-0.1, -0.05) is 11.3 Å². The van der Waals surface area contributed by atoms with Gasteiger partial charge in [-0.2, -0.15) is 0 Å². The molecule has 0 bridgehead atoms. The molecular formula is C16H21N3OS2. The van der Waals surface area contributed by atoms with Gasteiger partial charge in [0.25, 0.3) is 0 Å². The number of hydrogen-bond acceptors (Lipinski definition) is 5. The van der Waals surface area contributed by atoms with Crippen LogP contribution in [0.4, 0.5) is 5.13 Å². The first-order chi connectivity index (χ1) is 10.6. The Kier molecular flexibility index (Phi) is 4.59. The minimum atomic E-state index is 0.170. The van der Waals surface area contributed by atoms with E-state index in [4.69, 9.17) is 4.98 Å². The van der Waals surface area contributed by atoms with Crippen LogP contribution < -0.4 is 4.90 Å². The number of anilines is 1. The number of carbonyl (C=O) groups is 1. The number of nitrogens with zero attached hydrogens (tertiary/aromatic N) is 3. The van der Waals surface area contributed by atoms with Crippen molar-refractivity contribution in [2.24, 2.45) is 5.92 Å². The fraction of sp³-hybridized carbons (Fsp3) is 0.500. The lowest BCUT2D eigenvalue weighted by Gasteiger charge is -2.32. The summed E-state index contributed by atoms with van der Waals surface area (Å²) in [6.07, 6.45) is 3.93. The molecule has 0 unspecified atom stereocenters. The highest BCUT2D eigenvalue weighted by Crippen LogP contribution is 2.33. The molecule has 2 heterocycles. The van der Waals surface area contributed by atoms with Crippen LogP contribution >= 0.6 is 23.1 Å². The van der Waals surface area contributed by atoms with Crippen molar-refractivity contribution in [3.63, 3.8) is 0 Å². The molecule has 1 aliphatic heterocycles. The molecule has 1 saturated heterocycles. The Morgan fingerprint density at radius 2 is 2.09 bits per heavy atom. The summed E-state index contributed by atoms with van der Waals surface area (Å²) in [5, 5.41) is 1.09. The van der Waals surface area contributed by atoms with Crippen molar-refractivity contribution in [1.82, 2.24) is 9.88 Å². The van der Waals surface area contributed by atoms with Crippen LogP contribution in [0.25, 0.3) is 10.2 Å². The highest BCUT2D eigenvalue weighted by Gasteiger charge is 2.27. The van der Waals surface area contributed by atoms with E-state index in [0.717, 1.165) is 36.6 Å². The standard InChI is InChI=1S/C16H21N3OS2/c1-18(2)15(20)11-6-8-19(9-7-11)16-17-13-5-4-12(21-3)10-14(13)22-16/h4-5,10-11H,6-9H2,1-3H3. The predicted octanol–water partition coefficient (Wildman–Crippen LogP) is 3.32. The zero-order valence-electron chi connectivity index (χ0n) is 13.2. The second kappa shape index (κ2) is 6.46. The summed E-state index contributed by atoms with van der Waals surface area (Å²) in [7, 11) is 3.68. The molecule has 0 saturated carbocycles. The third-order valence-electron chi connectivity index (χ3n) is 4.14. The van der Waals surface area contributed by atoms with Crippen molar-refractivity contribution in [1.29, 1.82) is 0 Å². The molecule has 0 radical (unpaired) electrons. The van der Waals surface area contributed by atoms with Crippen molar-refractivity contribution in [2.75, 3.05) is 38.3 Å². The summed E-state index contributed by atoms with van der Waals surface area (Å²) < 4.78 is 1.24. The first-order valence-corrected chi connectivity index (χ1v) is 9.53. The zero-order valence-corrected chi connectivity index (χ0v) is 14.8. The van der Waals surface area contributed by atoms with E-state index in [2.05, 4.69) is 29.4 Å². The highest BCUT2D eigenvalue weighted by molar-refractivity contribution is 7.98. The maximum atomic E-state index is 12.0. The van der Waals surface area contributed by atoms with Crippen molar-refractivity contribution >= 4 is 44.4 Å². The molecule has 4 nitrogen and oxygen atoms in total. The third kappa shape index (κ3) is 3.08. The van der Waals surface area contributed by atoms with Crippen LogP contribution in [0.15, 0.2) is 23.1 Å². The van der Waals surface area contributed by atoms with E-state index in [1.54, 1.807) is 28.0 Å². The van der Waals surface area contributed by atoms with E-state index in [-0.39, 0.29) is 11.8 Å². The molecule has 6 heteroatoms. The smallest absolute Gasteiger partial charge is 0.225 e. The number of fused-ring (bicyclic) bond motifs is 1. The molecule has 0 aliphatic carbocycles. The summed E-state index contributed by atoms with van der Waals surface area (Å²) in [4.78, 5) is 22.1. The molecule has 1 amide bonds. The number of aromatic nitrogens is 1. The molecule has 2 aromatic rings. The van der Waals surface area contributed by atoms with E-state index in [1.165, 1.54) is 9.60 Å². The lowest BCUT2D eigenvalue weighted by Crippen LogP contribution is -2.40. The van der Waals surface area contributed by atoms with Gasteiger partial charge in [0.1, 0.15) is 0 Å². The Balaban J connectivity index is 1.72. The van der Waals surface area contributed by atoms with Crippen LogP contribution in [-0.2, 0) is 4.79 Å². The molecule has 1 aromatic heterocycles. The summed E-state index contributed by atoms with van der Waals surface area (Å²) in [6.45, 7) is 1.83. The van der Waals surface area contributed by atoms with Gasteiger partial charge in [0.2, 0.25) is 5.91 Å². The average molecular weight is 335 g/mol. The van der Waals surface area contributed by atoms with Crippen LogP contribution in [0.3, 0.4) is 0 Å². The van der Waals surface area contributed by atoms with Gasteiger partial charge in [-0.25, -0.2) is 4.98 Å². The van der Waals surface area contributed by atoms with E-state index >= 15 is 0 Å². The molecule has 118 valence electrons. The van der Waals surface area contributed by atoms with Crippen molar-refractivity contribution in [3.8, 4) is 0 Å². The Labute approximate surface area is 139 Å². The number of hydrogen-bond donors (Lipinski definition) is 0. The first-order valence-electron chi connectivity index (χ1n) is 7.49. The lowest BCUT2D eigenvalue weighted by atomic mass is 9.96. The zero-order chi connectivity index (χ0) is 15.7. The van der Waals surface area contributed by atoms with Crippen LogP contribution in [0.1, 0.15) is 12.8 Å². The number of amides is 1. The van der Waals surface area contributed by atoms with Gasteiger partial charge in [-0.15, -0.1) is 11.8 Å². The molecule has 1 aromatic carbocycles. The second-order valence-corrected chi connectivity index (χ2v) is 7.71. The normalized spacial score (nSPS) is 16.2. The monoisotopic (exact) mass is 335 g/mol. The minimum absolute atomic E-state index is 0.170. The van der Waals surface area contributed by atoms with E-state index in [1.807, 2.05) is 14.1 Å². The van der Waals surface area contributed by atoms with Crippen molar-refractivity contribution < 1.29 is 4.79 Å². The number of piperidine rings is 1. The first kappa shape index (κ1) is 15.6. The summed E-state index contributed by atoms with van der Waals surface area (Å²) in [6, 6.07) is 6.44. The van der Waals surface area contributed by atoms with Crippen molar-refractivity contribution in [3.05, 3.63) is 18.2 Å². The largest absolute Gasteiger partial charge is 0.349 e. The topological polar surface area (TPSA) is 36.4 Å². The predicted molar refractivity (Wildman–Crippen MR) is 95.0 cm³/mol. The molecule has 1 fully saturated rings. The van der Waals surface area contributed by atoms with Gasteiger partial charge in [-0.3, -0.25) is 4.79 Å². The van der Waals surface area contributed by atoms with Crippen molar-refractivity contribution in [2.45, 2.75) is 17.7 Å². The van der Waals surface area contributed by atoms with Crippen LogP contribution in [0.2, 0.25) is 0 Å². The van der Waals surface area contributed by atoms with E-state index < -0.39 is 0 Å². The van der Waals surface area contributed by atoms with Gasteiger partial charge >= 0.3 is 0 Å². The molecule has 3 rings (SSSR count). The van der Waals surface area contributed by atoms with Crippen LogP contribution in [-0.4, -0.2) is 49.2 Å². The molecular weight excluding hydrogens is 314 g/mol. The fourth-order valence-corrected chi connectivity index (χ4v) is 4.41. The van der Waals surface area contributed by atoms with Crippen LogP contribution in [0, 0.1) is 5.92 Å². The number of thiazole rings is 1. The average Bonchev–Trinajstić information content (AvgIpc) is 2.97. The molecule has 0 spiro atoms. The number of rotatable bonds is 3. The Bertz CT molecular complexity index is 675. The lowest BCUT2D eigenvalue weighted by molar-refractivity contribution is -0.133. The Morgan fingerprint density at radius 1 is 1.36 bits per heavy atom. The molecule has 0 atom stereocenters. The van der Waals surface area contributed by atoms with E-state index in [9.17, 15) is 4.79 Å². The summed E-state index contributed by atoms with van der Waals surface area (Å²) >= 11 is 3.51. The molecule has 0 N–H and O–H groups in total. The van der Waals surface area contributed by atoms with Crippen LogP contribution in [0.5, 0.6) is 0 Å². The fourth-order valence-electron chi connectivity index (χ4n) is 2.84. The molecule has 22 heavy (non-hydrogen) atoms. The highest BCUT2D eigenvalue weighted by atomic mass is 32.2. The van der Waals surface area contributed by atoms with Gasteiger partial charge in [0, 0.05) is 38.0 Å². The quantitative estimate of drug-likeness (QED) is 0.806. The SMILES string of the molecule is CSc1ccc2nc(N3CCC(C(=O)N(C)C)CC3)sc2c1. The Hall–Kier alpha value is -1.27.